The number of hydrogen-bond acceptors (Lipinski definition) is 2. The second kappa shape index (κ2) is 7.90. The lowest BCUT2D eigenvalue weighted by molar-refractivity contribution is 0.249. The van der Waals surface area contributed by atoms with Crippen LogP contribution in [-0.4, -0.2) is 12.1 Å². The van der Waals surface area contributed by atoms with E-state index in [2.05, 4.69) is 16.0 Å². The number of nitrogens with one attached hydrogen (secondary N) is 3. The zero-order valence-electron chi connectivity index (χ0n) is 12.8. The number of amides is 4. The first kappa shape index (κ1) is 17.9. The minimum Gasteiger partial charge on any atom is -0.351 e. The fourth-order valence-electron chi connectivity index (χ4n) is 2.03. The van der Waals surface area contributed by atoms with Gasteiger partial charge in [0.1, 0.15) is 0 Å². The van der Waals surface area contributed by atoms with Crippen LogP contribution in [0.2, 0.25) is 10.0 Å². The van der Waals surface area contributed by atoms with Crippen molar-refractivity contribution in [1.29, 1.82) is 0 Å². The number of carbonyl (C=O) groups excluding carboxylic acids is 2. The zero-order chi connectivity index (χ0) is 17.7. The van der Waals surface area contributed by atoms with Crippen LogP contribution < -0.4 is 21.7 Å². The Morgan fingerprint density at radius 3 is 2.33 bits per heavy atom. The Kier molecular flexibility index (Phi) is 5.89. The number of primary amides is 1. The van der Waals surface area contributed by atoms with E-state index in [1.165, 1.54) is 0 Å². The molecule has 8 heteroatoms. The summed E-state index contributed by atoms with van der Waals surface area (Å²) in [6.07, 6.45) is 0. The van der Waals surface area contributed by atoms with Gasteiger partial charge in [-0.05, 0) is 42.8 Å². The molecule has 126 valence electrons. The monoisotopic (exact) mass is 366 g/mol. The number of urea groups is 2. The molecule has 0 saturated carbocycles. The molecule has 2 rings (SSSR count). The van der Waals surface area contributed by atoms with E-state index in [1.807, 2.05) is 6.92 Å². The Bertz CT molecular complexity index is 750. The van der Waals surface area contributed by atoms with Gasteiger partial charge < -0.3 is 21.7 Å². The van der Waals surface area contributed by atoms with E-state index < -0.39 is 12.1 Å². The van der Waals surface area contributed by atoms with Crippen molar-refractivity contribution in [2.75, 3.05) is 10.6 Å². The van der Waals surface area contributed by atoms with Crippen molar-refractivity contribution < 1.29 is 9.59 Å². The molecule has 0 bridgehead atoms. The molecule has 0 aliphatic heterocycles. The normalized spacial score (nSPS) is 11.5. The molecular formula is C16H16Cl2N4O2. The molecule has 0 fully saturated rings. The highest BCUT2D eigenvalue weighted by Gasteiger charge is 2.11. The van der Waals surface area contributed by atoms with Crippen molar-refractivity contribution in [2.24, 2.45) is 5.73 Å². The Morgan fingerprint density at radius 2 is 1.71 bits per heavy atom. The number of benzene rings is 2. The maximum absolute atomic E-state index is 12.1. The predicted octanol–water partition coefficient (Wildman–Crippen LogP) is 4.37. The minimum absolute atomic E-state index is 0.259. The van der Waals surface area contributed by atoms with Gasteiger partial charge in [-0.3, -0.25) is 0 Å². The number of carbonyl (C=O) groups is 2. The van der Waals surface area contributed by atoms with Crippen LogP contribution in [0.15, 0.2) is 42.5 Å². The topological polar surface area (TPSA) is 96.2 Å². The van der Waals surface area contributed by atoms with E-state index in [9.17, 15) is 9.59 Å². The summed E-state index contributed by atoms with van der Waals surface area (Å²) in [5, 5.41) is 8.77. The van der Waals surface area contributed by atoms with Gasteiger partial charge in [0.05, 0.1) is 16.8 Å². The number of rotatable bonds is 4. The molecule has 2 aromatic rings. The van der Waals surface area contributed by atoms with Gasteiger partial charge in [0.25, 0.3) is 0 Å². The summed E-state index contributed by atoms with van der Waals surface area (Å²) < 4.78 is 0. The second-order valence-corrected chi connectivity index (χ2v) is 5.90. The zero-order valence-corrected chi connectivity index (χ0v) is 14.3. The highest BCUT2D eigenvalue weighted by Crippen LogP contribution is 2.25. The maximum atomic E-state index is 12.1. The first-order chi connectivity index (χ1) is 11.3. The fraction of sp³-hybridized carbons (Fsp3) is 0.125. The molecule has 5 N–H and O–H groups in total. The number of anilines is 2. The van der Waals surface area contributed by atoms with Gasteiger partial charge in [-0.1, -0.05) is 35.3 Å². The van der Waals surface area contributed by atoms with Gasteiger partial charge in [-0.2, -0.15) is 0 Å². The summed E-state index contributed by atoms with van der Waals surface area (Å²) in [7, 11) is 0. The highest BCUT2D eigenvalue weighted by molar-refractivity contribution is 6.35. The van der Waals surface area contributed by atoms with E-state index in [-0.39, 0.29) is 6.04 Å². The molecule has 0 aliphatic carbocycles. The SMILES string of the molecule is CC(NC(=O)Nc1cc(Cl)ccc1Cl)c1ccc(NC(N)=O)cc1. The van der Waals surface area contributed by atoms with Gasteiger partial charge in [0, 0.05) is 10.7 Å². The van der Waals surface area contributed by atoms with Gasteiger partial charge in [0.15, 0.2) is 0 Å². The molecule has 6 nitrogen and oxygen atoms in total. The van der Waals surface area contributed by atoms with E-state index in [0.29, 0.717) is 21.4 Å². The Morgan fingerprint density at radius 1 is 1.04 bits per heavy atom. The fourth-order valence-corrected chi connectivity index (χ4v) is 2.37. The molecule has 4 amide bonds. The van der Waals surface area contributed by atoms with Crippen molar-refractivity contribution in [2.45, 2.75) is 13.0 Å². The number of nitrogens with two attached hydrogens (primary N) is 1. The van der Waals surface area contributed by atoms with Crippen LogP contribution in [-0.2, 0) is 0 Å². The van der Waals surface area contributed by atoms with Crippen LogP contribution >= 0.6 is 23.2 Å². The molecule has 24 heavy (non-hydrogen) atoms. The first-order valence-electron chi connectivity index (χ1n) is 7.04. The van der Waals surface area contributed by atoms with E-state index in [0.717, 1.165) is 5.56 Å². The van der Waals surface area contributed by atoms with E-state index >= 15 is 0 Å². The average molecular weight is 367 g/mol. The van der Waals surface area contributed by atoms with Crippen LogP contribution in [0.3, 0.4) is 0 Å². The molecule has 0 aromatic heterocycles. The number of halogens is 2. The standard InChI is InChI=1S/C16H16Cl2N4O2/c1-9(10-2-5-12(6-3-10)21-15(19)23)20-16(24)22-14-8-11(17)4-7-13(14)18/h2-9H,1H3,(H3,19,21,23)(H2,20,22,24). The Hall–Kier alpha value is -2.44. The van der Waals surface area contributed by atoms with Crippen molar-refractivity contribution in [3.8, 4) is 0 Å². The molecule has 1 unspecified atom stereocenters. The molecule has 0 aliphatic rings. The van der Waals surface area contributed by atoms with Crippen molar-refractivity contribution >= 4 is 46.6 Å². The third-order valence-corrected chi connectivity index (χ3v) is 3.77. The lowest BCUT2D eigenvalue weighted by atomic mass is 10.1. The molecule has 0 heterocycles. The van der Waals surface area contributed by atoms with E-state index in [4.69, 9.17) is 28.9 Å². The van der Waals surface area contributed by atoms with Crippen LogP contribution in [0.25, 0.3) is 0 Å². The molecular weight excluding hydrogens is 351 g/mol. The third kappa shape index (κ3) is 5.04. The molecule has 0 saturated heterocycles. The highest BCUT2D eigenvalue weighted by atomic mass is 35.5. The molecule has 0 radical (unpaired) electrons. The van der Waals surface area contributed by atoms with Gasteiger partial charge in [0.2, 0.25) is 0 Å². The van der Waals surface area contributed by atoms with Crippen LogP contribution in [0.1, 0.15) is 18.5 Å². The minimum atomic E-state index is -0.633. The summed E-state index contributed by atoms with van der Waals surface area (Å²) in [4.78, 5) is 22.9. The summed E-state index contributed by atoms with van der Waals surface area (Å²) in [5.41, 5.74) is 6.91. The number of hydrogen-bond donors (Lipinski definition) is 4. The lowest BCUT2D eigenvalue weighted by Crippen LogP contribution is -2.31. The van der Waals surface area contributed by atoms with Crippen molar-refractivity contribution in [1.82, 2.24) is 5.32 Å². The Labute approximate surface area is 149 Å². The largest absolute Gasteiger partial charge is 0.351 e. The summed E-state index contributed by atoms with van der Waals surface area (Å²) in [6, 6.07) is 10.5. The predicted molar refractivity (Wildman–Crippen MR) is 96.7 cm³/mol. The summed E-state index contributed by atoms with van der Waals surface area (Å²) >= 11 is 11.9. The quantitative estimate of drug-likeness (QED) is 0.646. The Balaban J connectivity index is 1.98. The van der Waals surface area contributed by atoms with Crippen LogP contribution in [0, 0.1) is 0 Å². The summed E-state index contributed by atoms with van der Waals surface area (Å²) in [6.45, 7) is 1.83. The van der Waals surface area contributed by atoms with Gasteiger partial charge in [-0.15, -0.1) is 0 Å². The first-order valence-corrected chi connectivity index (χ1v) is 7.79. The smallest absolute Gasteiger partial charge is 0.319 e. The maximum Gasteiger partial charge on any atom is 0.319 e. The van der Waals surface area contributed by atoms with Crippen LogP contribution in [0.4, 0.5) is 21.0 Å². The second-order valence-electron chi connectivity index (χ2n) is 5.06. The molecule has 1 atom stereocenters. The molecule has 0 spiro atoms. The van der Waals surface area contributed by atoms with Crippen LogP contribution in [0.5, 0.6) is 0 Å². The summed E-state index contributed by atoms with van der Waals surface area (Å²) in [5.74, 6) is 0. The lowest BCUT2D eigenvalue weighted by Gasteiger charge is -2.16. The third-order valence-electron chi connectivity index (χ3n) is 3.20. The van der Waals surface area contributed by atoms with Crippen molar-refractivity contribution in [3.05, 3.63) is 58.1 Å². The average Bonchev–Trinajstić information content (AvgIpc) is 2.51. The van der Waals surface area contributed by atoms with E-state index in [1.54, 1.807) is 42.5 Å². The van der Waals surface area contributed by atoms with Gasteiger partial charge in [-0.25, -0.2) is 9.59 Å². The molecule has 2 aromatic carbocycles. The van der Waals surface area contributed by atoms with Gasteiger partial charge >= 0.3 is 12.1 Å². The van der Waals surface area contributed by atoms with Crippen molar-refractivity contribution in [3.63, 3.8) is 0 Å².